The van der Waals surface area contributed by atoms with Crippen LogP contribution in [0, 0.1) is 10.1 Å². The molecule has 7 nitrogen and oxygen atoms in total. The summed E-state index contributed by atoms with van der Waals surface area (Å²) in [4.78, 5) is 22.3. The summed E-state index contributed by atoms with van der Waals surface area (Å²) in [7, 11) is 0. The van der Waals surface area contributed by atoms with Gasteiger partial charge in [-0.1, -0.05) is 12.1 Å². The highest BCUT2D eigenvalue weighted by Crippen LogP contribution is 2.25. The highest BCUT2D eigenvalue weighted by atomic mass is 16.6. The van der Waals surface area contributed by atoms with Gasteiger partial charge in [-0.2, -0.15) is 0 Å². The molecule has 1 fully saturated rings. The second-order valence-corrected chi connectivity index (χ2v) is 5.38. The first-order chi connectivity index (χ1) is 10.6. The monoisotopic (exact) mass is 307 g/mol. The van der Waals surface area contributed by atoms with Crippen molar-refractivity contribution in [3.05, 3.63) is 34.4 Å². The Morgan fingerprint density at radius 1 is 1.50 bits per heavy atom. The fourth-order valence-corrected chi connectivity index (χ4v) is 2.50. The number of piperidine rings is 1. The molecule has 2 unspecified atom stereocenters. The summed E-state index contributed by atoms with van der Waals surface area (Å²) in [6.45, 7) is 3.15. The van der Waals surface area contributed by atoms with E-state index in [2.05, 4.69) is 10.6 Å². The molecule has 1 aromatic carbocycles. The molecule has 22 heavy (non-hydrogen) atoms. The predicted octanol–water partition coefficient (Wildman–Crippen LogP) is 1.62. The maximum atomic E-state index is 11.9. The zero-order valence-corrected chi connectivity index (χ0v) is 12.6. The van der Waals surface area contributed by atoms with Gasteiger partial charge in [-0.15, -0.1) is 0 Å². The molecule has 1 aliphatic heterocycles. The summed E-state index contributed by atoms with van der Waals surface area (Å²) >= 11 is 0. The number of ether oxygens (including phenoxy) is 1. The lowest BCUT2D eigenvalue weighted by Crippen LogP contribution is -2.52. The fourth-order valence-electron chi connectivity index (χ4n) is 2.50. The summed E-state index contributed by atoms with van der Waals surface area (Å²) in [5, 5.41) is 17.2. The van der Waals surface area contributed by atoms with Crippen molar-refractivity contribution in [2.45, 2.75) is 38.3 Å². The lowest BCUT2D eigenvalue weighted by molar-refractivity contribution is -0.385. The van der Waals surface area contributed by atoms with Crippen LogP contribution in [-0.4, -0.2) is 36.1 Å². The Bertz CT molecular complexity index is 535. The van der Waals surface area contributed by atoms with E-state index < -0.39 is 4.92 Å². The number of nitro groups is 1. The molecule has 0 aliphatic carbocycles. The van der Waals surface area contributed by atoms with Gasteiger partial charge in [0.1, 0.15) is 0 Å². The fraction of sp³-hybridized carbons (Fsp3) is 0.533. The topological polar surface area (TPSA) is 93.5 Å². The van der Waals surface area contributed by atoms with Crippen molar-refractivity contribution in [2.24, 2.45) is 0 Å². The van der Waals surface area contributed by atoms with Gasteiger partial charge in [0.2, 0.25) is 5.91 Å². The maximum absolute atomic E-state index is 11.9. The molecule has 1 saturated heterocycles. The predicted molar refractivity (Wildman–Crippen MR) is 81.8 cm³/mol. The van der Waals surface area contributed by atoms with Crippen molar-refractivity contribution in [1.29, 1.82) is 0 Å². The minimum atomic E-state index is -0.495. The largest absolute Gasteiger partial charge is 0.486 e. The SMILES string of the molecule is CC1NCCCC1NC(=O)CCOc1ccccc1[N+](=O)[O-]. The molecular formula is C15H21N3O4. The van der Waals surface area contributed by atoms with Crippen LogP contribution in [-0.2, 0) is 4.79 Å². The summed E-state index contributed by atoms with van der Waals surface area (Å²) in [5.74, 6) is 0.0899. The van der Waals surface area contributed by atoms with Gasteiger partial charge in [-0.25, -0.2) is 0 Å². The van der Waals surface area contributed by atoms with E-state index in [-0.39, 0.29) is 42.5 Å². The highest BCUT2D eigenvalue weighted by Gasteiger charge is 2.22. The number of carbonyl (C=O) groups is 1. The Labute approximate surface area is 129 Å². The number of carbonyl (C=O) groups excluding carboxylic acids is 1. The normalized spacial score (nSPS) is 21.1. The highest BCUT2D eigenvalue weighted by molar-refractivity contribution is 5.76. The van der Waals surface area contributed by atoms with E-state index >= 15 is 0 Å². The average Bonchev–Trinajstić information content (AvgIpc) is 2.50. The third kappa shape index (κ3) is 4.42. The van der Waals surface area contributed by atoms with Gasteiger partial charge >= 0.3 is 5.69 Å². The molecule has 7 heteroatoms. The quantitative estimate of drug-likeness (QED) is 0.615. The number of benzene rings is 1. The van der Waals surface area contributed by atoms with Gasteiger partial charge in [-0.3, -0.25) is 14.9 Å². The van der Waals surface area contributed by atoms with Crippen molar-refractivity contribution < 1.29 is 14.5 Å². The van der Waals surface area contributed by atoms with Crippen LogP contribution < -0.4 is 15.4 Å². The Morgan fingerprint density at radius 2 is 2.27 bits per heavy atom. The molecule has 2 atom stereocenters. The van der Waals surface area contributed by atoms with Crippen molar-refractivity contribution in [3.63, 3.8) is 0 Å². The van der Waals surface area contributed by atoms with Crippen LogP contribution in [0.1, 0.15) is 26.2 Å². The molecule has 0 aromatic heterocycles. The molecular weight excluding hydrogens is 286 g/mol. The number of nitrogens with zero attached hydrogens (tertiary/aromatic N) is 1. The standard InChI is InChI=1S/C15H21N3O4/c1-11-12(5-4-9-16-11)17-15(19)8-10-22-14-7-3-2-6-13(14)18(20)21/h2-3,6-7,11-12,16H,4-5,8-10H2,1H3,(H,17,19). The molecule has 0 saturated carbocycles. The van der Waals surface area contributed by atoms with Gasteiger partial charge in [0.25, 0.3) is 0 Å². The Balaban J connectivity index is 1.78. The van der Waals surface area contributed by atoms with E-state index in [4.69, 9.17) is 4.74 Å². The van der Waals surface area contributed by atoms with Crippen LogP contribution in [0.25, 0.3) is 0 Å². The molecule has 1 amide bonds. The minimum absolute atomic E-state index is 0.0898. The number of hydrogen-bond acceptors (Lipinski definition) is 5. The molecule has 0 bridgehead atoms. The maximum Gasteiger partial charge on any atom is 0.310 e. The van der Waals surface area contributed by atoms with E-state index in [1.165, 1.54) is 12.1 Å². The van der Waals surface area contributed by atoms with E-state index in [1.807, 2.05) is 6.92 Å². The molecule has 1 aliphatic rings. The van der Waals surface area contributed by atoms with E-state index in [0.717, 1.165) is 19.4 Å². The Hall–Kier alpha value is -2.15. The molecule has 2 rings (SSSR count). The lowest BCUT2D eigenvalue weighted by atomic mass is 10.00. The number of nitrogens with one attached hydrogen (secondary N) is 2. The van der Waals surface area contributed by atoms with Crippen molar-refractivity contribution in [1.82, 2.24) is 10.6 Å². The third-order valence-corrected chi connectivity index (χ3v) is 3.76. The Kier molecular flexibility index (Phi) is 5.71. The summed E-state index contributed by atoms with van der Waals surface area (Å²) in [6, 6.07) is 6.54. The van der Waals surface area contributed by atoms with Crippen LogP contribution in [0.2, 0.25) is 0 Å². The number of amides is 1. The number of rotatable bonds is 6. The van der Waals surface area contributed by atoms with Gasteiger partial charge in [-0.05, 0) is 32.4 Å². The van der Waals surface area contributed by atoms with E-state index in [1.54, 1.807) is 12.1 Å². The van der Waals surface area contributed by atoms with E-state index in [0.29, 0.717) is 0 Å². The number of nitro benzene ring substituents is 1. The van der Waals surface area contributed by atoms with Gasteiger partial charge in [0, 0.05) is 18.2 Å². The summed E-state index contributed by atoms with van der Waals surface area (Å²) < 4.78 is 5.37. The van der Waals surface area contributed by atoms with Crippen molar-refractivity contribution in [2.75, 3.05) is 13.2 Å². The third-order valence-electron chi connectivity index (χ3n) is 3.76. The number of para-hydroxylation sites is 2. The molecule has 0 spiro atoms. The summed E-state index contributed by atoms with van der Waals surface area (Å²) in [5.41, 5.74) is -0.0898. The second kappa shape index (κ2) is 7.74. The first-order valence-corrected chi connectivity index (χ1v) is 7.47. The lowest BCUT2D eigenvalue weighted by Gasteiger charge is -2.30. The van der Waals surface area contributed by atoms with Crippen LogP contribution in [0.4, 0.5) is 5.69 Å². The molecule has 2 N–H and O–H groups in total. The van der Waals surface area contributed by atoms with Crippen LogP contribution in [0.3, 0.4) is 0 Å². The Morgan fingerprint density at radius 3 is 3.00 bits per heavy atom. The van der Waals surface area contributed by atoms with Gasteiger partial charge in [0.05, 0.1) is 18.0 Å². The van der Waals surface area contributed by atoms with E-state index in [9.17, 15) is 14.9 Å². The second-order valence-electron chi connectivity index (χ2n) is 5.38. The van der Waals surface area contributed by atoms with Crippen LogP contribution >= 0.6 is 0 Å². The minimum Gasteiger partial charge on any atom is -0.486 e. The molecule has 120 valence electrons. The van der Waals surface area contributed by atoms with Crippen molar-refractivity contribution in [3.8, 4) is 5.75 Å². The average molecular weight is 307 g/mol. The van der Waals surface area contributed by atoms with Gasteiger partial charge < -0.3 is 15.4 Å². The molecule has 1 aromatic rings. The zero-order valence-electron chi connectivity index (χ0n) is 12.6. The first-order valence-electron chi connectivity index (χ1n) is 7.47. The van der Waals surface area contributed by atoms with Crippen LogP contribution in [0.15, 0.2) is 24.3 Å². The number of hydrogen-bond donors (Lipinski definition) is 2. The van der Waals surface area contributed by atoms with Crippen LogP contribution in [0.5, 0.6) is 5.75 Å². The first kappa shape index (κ1) is 16.2. The van der Waals surface area contributed by atoms with Crippen molar-refractivity contribution >= 4 is 11.6 Å². The van der Waals surface area contributed by atoms with Gasteiger partial charge in [0.15, 0.2) is 5.75 Å². The zero-order chi connectivity index (χ0) is 15.9. The molecule has 0 radical (unpaired) electrons. The smallest absolute Gasteiger partial charge is 0.310 e. The summed E-state index contributed by atoms with van der Waals surface area (Å²) in [6.07, 6.45) is 2.18. The molecule has 1 heterocycles.